The van der Waals surface area contributed by atoms with E-state index in [2.05, 4.69) is 0 Å². The number of benzene rings is 1. The molecule has 1 rings (SSSR count). The van der Waals surface area contributed by atoms with Gasteiger partial charge < -0.3 is 0 Å². The summed E-state index contributed by atoms with van der Waals surface area (Å²) in [6.07, 6.45) is 0. The van der Waals surface area contributed by atoms with Crippen LogP contribution in [0, 0.1) is 22.7 Å². The second-order valence-corrected chi connectivity index (χ2v) is 1.55. The summed E-state index contributed by atoms with van der Waals surface area (Å²) in [5, 5.41) is 17.1. The van der Waals surface area contributed by atoms with Crippen LogP contribution in [0.1, 0.15) is 15.2 Å². The number of nitrogens with zero attached hydrogens (tertiary/aromatic N) is 2. The zero-order valence-electron chi connectivity index (χ0n) is 7.97. The summed E-state index contributed by atoms with van der Waals surface area (Å²) in [6, 6.07) is 3.67. The van der Waals surface area contributed by atoms with E-state index >= 15 is 0 Å². The van der Waals surface area contributed by atoms with Crippen molar-refractivity contribution in [3.05, 3.63) is 35.3 Å². The first-order chi connectivity index (χ1) is 6.11. The molecule has 0 N–H and O–H groups in total. The molecule has 2 heteroatoms. The minimum absolute atomic E-state index is 0.0439. The number of hydrogen-bond acceptors (Lipinski definition) is 2. The van der Waals surface area contributed by atoms with E-state index in [-0.39, 0.29) is 29.3 Å². The van der Waals surface area contributed by atoms with Crippen LogP contribution in [0.15, 0.2) is 24.2 Å². The Kier molecular flexibility index (Phi) is 0.901. The molecule has 0 bridgehead atoms. The van der Waals surface area contributed by atoms with Crippen LogP contribution in [0.5, 0.6) is 0 Å². The number of hydrogen-bond donors (Lipinski definition) is 0. The molecular formula is C8H4N2. The first-order valence-electron chi connectivity index (χ1n) is 4.02. The van der Waals surface area contributed by atoms with Gasteiger partial charge in [-0.15, -0.1) is 0 Å². The van der Waals surface area contributed by atoms with E-state index in [1.807, 2.05) is 0 Å². The van der Waals surface area contributed by atoms with E-state index in [0.29, 0.717) is 0 Å². The monoisotopic (exact) mass is 131 g/mol. The van der Waals surface area contributed by atoms with E-state index in [4.69, 9.17) is 14.6 Å². The first-order valence-corrected chi connectivity index (χ1v) is 2.52. The summed E-state index contributed by atoms with van der Waals surface area (Å²) in [4.78, 5) is 0. The third kappa shape index (κ3) is 1.13. The van der Waals surface area contributed by atoms with E-state index < -0.39 is 0 Å². The molecule has 10 heavy (non-hydrogen) atoms. The Hall–Kier alpha value is -1.80. The van der Waals surface area contributed by atoms with Gasteiger partial charge in [-0.05, 0) is 18.2 Å². The summed E-state index contributed by atoms with van der Waals surface area (Å²) < 4.78 is 21.8. The Balaban J connectivity index is 3.63. The zero-order chi connectivity index (χ0) is 10.0. The lowest BCUT2D eigenvalue weighted by Crippen LogP contribution is -1.75. The third-order valence-corrected chi connectivity index (χ3v) is 0.906. The largest absolute Gasteiger partial charge is 0.192 e. The fourth-order valence-electron chi connectivity index (χ4n) is 0.499. The predicted molar refractivity (Wildman–Crippen MR) is 35.9 cm³/mol. The fourth-order valence-corrected chi connectivity index (χ4v) is 0.499. The Labute approximate surface area is 63.2 Å². The van der Waals surface area contributed by atoms with Crippen molar-refractivity contribution in [2.45, 2.75) is 0 Å². The van der Waals surface area contributed by atoms with Crippen molar-refractivity contribution in [3.63, 3.8) is 0 Å². The van der Waals surface area contributed by atoms with Crippen LogP contribution < -0.4 is 0 Å². The minimum Gasteiger partial charge on any atom is -0.192 e. The second kappa shape index (κ2) is 2.66. The van der Waals surface area contributed by atoms with Gasteiger partial charge in [0.25, 0.3) is 0 Å². The summed E-state index contributed by atoms with van der Waals surface area (Å²) in [5.74, 6) is 0. The van der Waals surface area contributed by atoms with Crippen LogP contribution in [-0.4, -0.2) is 0 Å². The number of nitriles is 2. The maximum Gasteiger partial charge on any atom is 0.0992 e. The second-order valence-electron chi connectivity index (χ2n) is 1.55. The molecule has 0 heterocycles. The quantitative estimate of drug-likeness (QED) is 0.534. The normalized spacial score (nSPS) is 12.0. The van der Waals surface area contributed by atoms with E-state index in [9.17, 15) is 0 Å². The van der Waals surface area contributed by atoms with Gasteiger partial charge in [-0.25, -0.2) is 0 Å². The van der Waals surface area contributed by atoms with E-state index in [0.717, 1.165) is 6.07 Å². The van der Waals surface area contributed by atoms with Gasteiger partial charge in [0.15, 0.2) is 0 Å². The summed E-state index contributed by atoms with van der Waals surface area (Å²) in [6.45, 7) is 0. The molecule has 1 aromatic carbocycles. The van der Waals surface area contributed by atoms with Gasteiger partial charge in [0.05, 0.1) is 27.4 Å². The fraction of sp³-hybridized carbons (Fsp3) is 0. The molecule has 0 saturated carbocycles. The van der Waals surface area contributed by atoms with Gasteiger partial charge in [0.2, 0.25) is 0 Å². The molecule has 0 atom stereocenters. The van der Waals surface area contributed by atoms with Crippen LogP contribution in [0.25, 0.3) is 0 Å². The molecule has 1 aromatic rings. The van der Waals surface area contributed by atoms with Gasteiger partial charge in [0.1, 0.15) is 0 Å². The summed E-state index contributed by atoms with van der Waals surface area (Å²) >= 11 is 0. The van der Waals surface area contributed by atoms with E-state index in [1.165, 1.54) is 0 Å². The van der Waals surface area contributed by atoms with Crippen LogP contribution in [-0.2, 0) is 0 Å². The maximum absolute atomic E-state index is 8.56. The Morgan fingerprint density at radius 2 is 2.00 bits per heavy atom. The Bertz CT molecular complexity index is 440. The average Bonchev–Trinajstić information content (AvgIpc) is 2.12. The minimum atomic E-state index is -0.300. The topological polar surface area (TPSA) is 47.6 Å². The average molecular weight is 131 g/mol. The summed E-state index contributed by atoms with van der Waals surface area (Å²) in [5.41, 5.74) is -0.262. The third-order valence-electron chi connectivity index (χ3n) is 0.906. The van der Waals surface area contributed by atoms with Gasteiger partial charge in [0, 0.05) is 0 Å². The van der Waals surface area contributed by atoms with Crippen LogP contribution >= 0.6 is 0 Å². The maximum atomic E-state index is 8.56. The van der Waals surface area contributed by atoms with Gasteiger partial charge in [-0.2, -0.15) is 10.5 Å². The lowest BCUT2D eigenvalue weighted by atomic mass is 10.2. The van der Waals surface area contributed by atoms with Crippen molar-refractivity contribution in [3.8, 4) is 12.1 Å². The molecule has 0 amide bonds. The van der Waals surface area contributed by atoms with Gasteiger partial charge in [-0.1, -0.05) is 6.04 Å². The van der Waals surface area contributed by atoms with Crippen LogP contribution in [0.4, 0.5) is 0 Å². The zero-order valence-corrected chi connectivity index (χ0v) is 4.97. The van der Waals surface area contributed by atoms with Crippen molar-refractivity contribution in [2.75, 3.05) is 0 Å². The van der Waals surface area contributed by atoms with Crippen LogP contribution in [0.2, 0.25) is 0 Å². The molecule has 2 nitrogen and oxygen atoms in total. The summed E-state index contributed by atoms with van der Waals surface area (Å²) in [7, 11) is 0. The molecule has 0 fully saturated rings. The molecule has 46 valence electrons. The van der Waals surface area contributed by atoms with Gasteiger partial charge in [-0.3, -0.25) is 0 Å². The smallest absolute Gasteiger partial charge is 0.0992 e. The molecule has 0 spiro atoms. The van der Waals surface area contributed by atoms with Crippen molar-refractivity contribution >= 4 is 0 Å². The predicted octanol–water partition coefficient (Wildman–Crippen LogP) is 1.43. The highest BCUT2D eigenvalue weighted by molar-refractivity contribution is 5.38. The molecule has 0 aliphatic heterocycles. The van der Waals surface area contributed by atoms with Crippen molar-refractivity contribution in [1.82, 2.24) is 0 Å². The lowest BCUT2D eigenvalue weighted by Gasteiger charge is -1.86. The SMILES string of the molecule is [2H]c1cc(C#N)c([2H])c(C#N)c1[2H]. The lowest BCUT2D eigenvalue weighted by molar-refractivity contribution is 1.45. The molecule has 0 radical (unpaired) electrons. The molecule has 0 unspecified atom stereocenters. The van der Waals surface area contributed by atoms with Gasteiger partial charge >= 0.3 is 0 Å². The van der Waals surface area contributed by atoms with Crippen molar-refractivity contribution in [2.24, 2.45) is 0 Å². The highest BCUT2D eigenvalue weighted by atomic mass is 14.2. The molecule has 0 aliphatic carbocycles. The highest BCUT2D eigenvalue weighted by Gasteiger charge is 1.90. The standard InChI is InChI=1S/C8H4N2/c9-5-7-2-1-3-8(4-7)6-10/h1-4H/i1D,2D,4D. The molecule has 0 aromatic heterocycles. The Morgan fingerprint density at radius 3 is 2.60 bits per heavy atom. The molecule has 0 aliphatic rings. The molecular weight excluding hydrogens is 124 g/mol. The van der Waals surface area contributed by atoms with Crippen LogP contribution in [0.3, 0.4) is 0 Å². The first kappa shape index (κ1) is 3.39. The van der Waals surface area contributed by atoms with Crippen molar-refractivity contribution in [1.29, 1.82) is 10.5 Å². The molecule has 0 saturated heterocycles. The highest BCUT2D eigenvalue weighted by Crippen LogP contribution is 2.01. The Morgan fingerprint density at radius 1 is 1.30 bits per heavy atom. The van der Waals surface area contributed by atoms with Crippen molar-refractivity contribution < 1.29 is 4.11 Å². The number of rotatable bonds is 0. The van der Waals surface area contributed by atoms with E-state index in [1.54, 1.807) is 12.1 Å².